The highest BCUT2D eigenvalue weighted by atomic mass is 32.1. The summed E-state index contributed by atoms with van der Waals surface area (Å²) in [4.78, 5) is 52.1. The Morgan fingerprint density at radius 2 is 1.53 bits per heavy atom. The topological polar surface area (TPSA) is 102 Å². The lowest BCUT2D eigenvalue weighted by molar-refractivity contribution is -0.122. The predicted molar refractivity (Wildman–Crippen MR) is 141 cm³/mol. The second-order valence-electron chi connectivity index (χ2n) is 8.42. The normalized spacial score (nSPS) is 10.9. The average Bonchev–Trinajstić information content (AvgIpc) is 3.43. The van der Waals surface area contributed by atoms with Gasteiger partial charge in [0.05, 0.1) is 17.4 Å². The third-order valence-electron chi connectivity index (χ3n) is 5.84. The third-order valence-corrected chi connectivity index (χ3v) is 6.72. The Morgan fingerprint density at radius 3 is 2.31 bits per heavy atom. The van der Waals surface area contributed by atoms with Gasteiger partial charge in [-0.1, -0.05) is 48.5 Å². The van der Waals surface area contributed by atoms with Gasteiger partial charge in [-0.15, -0.1) is 11.3 Å². The smallest absolute Gasteiger partial charge is 0.331 e. The van der Waals surface area contributed by atoms with Crippen molar-refractivity contribution in [1.29, 1.82) is 0 Å². The van der Waals surface area contributed by atoms with E-state index in [2.05, 4.69) is 10.6 Å². The summed E-state index contributed by atoms with van der Waals surface area (Å²) in [7, 11) is 0. The Hall–Kier alpha value is -3.98. The molecule has 2 amide bonds. The standard InChI is InChI=1S/C27H28N4O4S/c32-24(29-18-21-11-8-16-36-21)14-6-7-15-30-26(34)22-12-4-5-13-23(22)31(27(30)35)19-25(33)28-17-20-9-2-1-3-10-20/h1-5,8-13,16H,6-7,14-15,17-19H2,(H,28,33)(H,29,32). The van der Waals surface area contributed by atoms with Crippen LogP contribution in [0.4, 0.5) is 0 Å². The molecule has 186 valence electrons. The summed E-state index contributed by atoms with van der Waals surface area (Å²) in [5.41, 5.74) is 0.452. The predicted octanol–water partition coefficient (Wildman–Crippen LogP) is 3.03. The van der Waals surface area contributed by atoms with E-state index in [1.807, 2.05) is 47.8 Å². The SMILES string of the molecule is O=C(CCCCn1c(=O)c2ccccc2n(CC(=O)NCc2ccccc2)c1=O)NCc1cccs1. The fourth-order valence-corrected chi connectivity index (χ4v) is 4.60. The molecule has 0 fully saturated rings. The third kappa shape index (κ3) is 6.37. The average molecular weight is 505 g/mol. The minimum atomic E-state index is -0.532. The molecule has 0 saturated heterocycles. The van der Waals surface area contributed by atoms with Gasteiger partial charge in [0.15, 0.2) is 0 Å². The van der Waals surface area contributed by atoms with Crippen LogP contribution in [0, 0.1) is 0 Å². The molecule has 0 aliphatic carbocycles. The molecule has 0 saturated carbocycles. The van der Waals surface area contributed by atoms with Gasteiger partial charge in [-0.3, -0.25) is 23.5 Å². The molecular weight excluding hydrogens is 476 g/mol. The molecule has 4 aromatic rings. The number of amides is 2. The van der Waals surface area contributed by atoms with Gasteiger partial charge in [0.1, 0.15) is 6.54 Å². The quantitative estimate of drug-likeness (QED) is 0.307. The lowest BCUT2D eigenvalue weighted by Gasteiger charge is -2.14. The van der Waals surface area contributed by atoms with Crippen LogP contribution in [0.25, 0.3) is 10.9 Å². The summed E-state index contributed by atoms with van der Waals surface area (Å²) in [5.74, 6) is -0.388. The van der Waals surface area contributed by atoms with E-state index in [9.17, 15) is 19.2 Å². The fourth-order valence-electron chi connectivity index (χ4n) is 3.96. The Kier molecular flexibility index (Phi) is 8.46. The summed E-state index contributed by atoms with van der Waals surface area (Å²) >= 11 is 1.58. The largest absolute Gasteiger partial charge is 0.351 e. The Balaban J connectivity index is 1.41. The van der Waals surface area contributed by atoms with Crippen LogP contribution < -0.4 is 21.9 Å². The maximum atomic E-state index is 13.2. The number of benzene rings is 2. The van der Waals surface area contributed by atoms with E-state index >= 15 is 0 Å². The molecule has 0 radical (unpaired) electrons. The summed E-state index contributed by atoms with van der Waals surface area (Å²) in [5, 5.41) is 8.05. The van der Waals surface area contributed by atoms with Gasteiger partial charge in [0.25, 0.3) is 5.56 Å². The second-order valence-corrected chi connectivity index (χ2v) is 9.45. The van der Waals surface area contributed by atoms with Gasteiger partial charge in [0, 0.05) is 24.4 Å². The number of nitrogens with zero attached hydrogens (tertiary/aromatic N) is 2. The number of aromatic nitrogens is 2. The number of rotatable bonds is 11. The van der Waals surface area contributed by atoms with Crippen LogP contribution in [0.1, 0.15) is 29.7 Å². The van der Waals surface area contributed by atoms with Gasteiger partial charge in [0.2, 0.25) is 11.8 Å². The highest BCUT2D eigenvalue weighted by Crippen LogP contribution is 2.09. The lowest BCUT2D eigenvalue weighted by Crippen LogP contribution is -2.42. The number of hydrogen-bond donors (Lipinski definition) is 2. The molecular formula is C27H28N4O4S. The number of unbranched alkanes of at least 4 members (excludes halogenated alkanes) is 1. The van der Waals surface area contributed by atoms with E-state index in [-0.39, 0.29) is 24.9 Å². The molecule has 4 rings (SSSR count). The maximum absolute atomic E-state index is 13.2. The van der Waals surface area contributed by atoms with Crippen LogP contribution >= 0.6 is 11.3 Å². The van der Waals surface area contributed by atoms with E-state index in [4.69, 9.17) is 0 Å². The van der Waals surface area contributed by atoms with Crippen LogP contribution in [0.5, 0.6) is 0 Å². The zero-order valence-corrected chi connectivity index (χ0v) is 20.6. The van der Waals surface area contributed by atoms with E-state index in [0.717, 1.165) is 15.0 Å². The summed E-state index contributed by atoms with van der Waals surface area (Å²) in [6, 6.07) is 20.2. The zero-order chi connectivity index (χ0) is 25.3. The molecule has 2 heterocycles. The Morgan fingerprint density at radius 1 is 0.778 bits per heavy atom. The molecule has 2 aromatic heterocycles. The maximum Gasteiger partial charge on any atom is 0.331 e. The monoisotopic (exact) mass is 504 g/mol. The van der Waals surface area contributed by atoms with E-state index < -0.39 is 11.2 Å². The number of thiophene rings is 1. The van der Waals surface area contributed by atoms with E-state index in [1.165, 1.54) is 4.57 Å². The molecule has 0 aliphatic rings. The van der Waals surface area contributed by atoms with Crippen molar-refractivity contribution in [1.82, 2.24) is 19.8 Å². The van der Waals surface area contributed by atoms with Crippen molar-refractivity contribution in [3.8, 4) is 0 Å². The summed E-state index contributed by atoms with van der Waals surface area (Å²) in [6.07, 6.45) is 1.33. The van der Waals surface area contributed by atoms with Crippen molar-refractivity contribution in [3.05, 3.63) is 103 Å². The van der Waals surface area contributed by atoms with Gasteiger partial charge >= 0.3 is 5.69 Å². The Labute approximate surface area is 212 Å². The van der Waals surface area contributed by atoms with E-state index in [1.54, 1.807) is 35.6 Å². The molecule has 2 N–H and O–H groups in total. The van der Waals surface area contributed by atoms with E-state index in [0.29, 0.717) is 43.3 Å². The van der Waals surface area contributed by atoms with Gasteiger partial charge in [-0.25, -0.2) is 4.79 Å². The first-order chi connectivity index (χ1) is 17.5. The molecule has 0 unspecified atom stereocenters. The van der Waals surface area contributed by atoms with Crippen LogP contribution in [-0.2, 0) is 35.8 Å². The van der Waals surface area contributed by atoms with Crippen LogP contribution in [0.3, 0.4) is 0 Å². The van der Waals surface area contributed by atoms with Crippen molar-refractivity contribution in [2.45, 2.75) is 45.4 Å². The number of fused-ring (bicyclic) bond motifs is 1. The van der Waals surface area contributed by atoms with Gasteiger partial charge in [-0.05, 0) is 42.0 Å². The van der Waals surface area contributed by atoms with Crippen molar-refractivity contribution >= 4 is 34.1 Å². The second kappa shape index (κ2) is 12.1. The molecule has 9 heteroatoms. The fraction of sp³-hybridized carbons (Fsp3) is 0.259. The summed E-state index contributed by atoms with van der Waals surface area (Å²) in [6.45, 7) is 0.822. The van der Waals surface area contributed by atoms with Crippen LogP contribution in [0.15, 0.2) is 81.7 Å². The van der Waals surface area contributed by atoms with Gasteiger partial charge in [-0.2, -0.15) is 0 Å². The molecule has 0 atom stereocenters. The van der Waals surface area contributed by atoms with Crippen molar-refractivity contribution in [3.63, 3.8) is 0 Å². The molecule has 0 bridgehead atoms. The number of nitrogens with one attached hydrogen (secondary N) is 2. The van der Waals surface area contributed by atoms with Crippen molar-refractivity contribution in [2.75, 3.05) is 0 Å². The number of para-hydroxylation sites is 1. The molecule has 0 aliphatic heterocycles. The van der Waals surface area contributed by atoms with Crippen LogP contribution in [0.2, 0.25) is 0 Å². The number of carbonyl (C=O) groups excluding carboxylic acids is 2. The van der Waals surface area contributed by atoms with Gasteiger partial charge < -0.3 is 10.6 Å². The molecule has 2 aromatic carbocycles. The minimum Gasteiger partial charge on any atom is -0.351 e. The van der Waals surface area contributed by atoms with Crippen molar-refractivity contribution in [2.24, 2.45) is 0 Å². The minimum absolute atomic E-state index is 0.0678. The number of hydrogen-bond acceptors (Lipinski definition) is 5. The first kappa shape index (κ1) is 25.1. The summed E-state index contributed by atoms with van der Waals surface area (Å²) < 4.78 is 2.50. The highest BCUT2D eigenvalue weighted by molar-refractivity contribution is 7.09. The highest BCUT2D eigenvalue weighted by Gasteiger charge is 2.15. The molecule has 36 heavy (non-hydrogen) atoms. The Bertz CT molecular complexity index is 1440. The van der Waals surface area contributed by atoms with Crippen LogP contribution in [-0.4, -0.2) is 20.9 Å². The first-order valence-corrected chi connectivity index (χ1v) is 12.7. The molecule has 0 spiro atoms. The number of carbonyl (C=O) groups is 2. The zero-order valence-electron chi connectivity index (χ0n) is 19.8. The molecule has 8 nitrogen and oxygen atoms in total. The van der Waals surface area contributed by atoms with Crippen molar-refractivity contribution < 1.29 is 9.59 Å². The lowest BCUT2D eigenvalue weighted by atomic mass is 10.2. The first-order valence-electron chi connectivity index (χ1n) is 11.8.